The molecule has 17 nitrogen and oxygen atoms in total. The Morgan fingerprint density at radius 3 is 2.01 bits per heavy atom. The van der Waals surface area contributed by atoms with Crippen molar-refractivity contribution in [3.05, 3.63) is 142 Å². The molecular weight excluding hydrogens is 914 g/mol. The summed E-state index contributed by atoms with van der Waals surface area (Å²) in [6.07, 6.45) is -2.03. The van der Waals surface area contributed by atoms with Crippen molar-refractivity contribution in [1.29, 1.82) is 5.26 Å². The van der Waals surface area contributed by atoms with Crippen LogP contribution in [0.25, 0.3) is 11.2 Å². The molecule has 7 rings (SSSR count). The molecule has 70 heavy (non-hydrogen) atoms. The van der Waals surface area contributed by atoms with Crippen LogP contribution < -0.4 is 25.1 Å². The lowest BCUT2D eigenvalue weighted by atomic mass is 9.80. The van der Waals surface area contributed by atoms with Crippen LogP contribution in [0, 0.1) is 11.3 Å². The highest BCUT2D eigenvalue weighted by Gasteiger charge is 2.51. The Hall–Kier alpha value is -6.22. The predicted octanol–water partition coefficient (Wildman–Crippen LogP) is 8.86. The zero-order chi connectivity index (χ0) is 50.0. The third-order valence-electron chi connectivity index (χ3n) is 12.0. The Balaban J connectivity index is 1.29. The van der Waals surface area contributed by atoms with Gasteiger partial charge in [0.15, 0.2) is 24.0 Å². The van der Waals surface area contributed by atoms with Gasteiger partial charge < -0.3 is 37.5 Å². The average Bonchev–Trinajstić information content (AvgIpc) is 3.95. The van der Waals surface area contributed by atoms with Gasteiger partial charge in [-0.15, -0.1) is 0 Å². The standard InChI is InChI=1S/C52H62N7O10P/c1-33(2)36-16-22-42(23-17-36)65-31-44(60)55-51-56-48-45(49(61)57-51)54-32-58(48)50-47(64-9)46(69-70(67-29-13-28-53)59(34(3)4)35(5)6)43(68-50)30-66-52(37-14-11-10-12-15-37,38-18-24-40(62-7)25-19-38)39-20-26-41(63-8)27-21-39/h10-12,14-27,32-35,43,46-47,50H,13,29-31H2,1-9H3,(H2,55,56,57,60,61)/t43-,46+,47?,50-,70?/m1/s1. The number of rotatable bonds is 23. The first kappa shape index (κ1) is 51.6. The first-order valence-electron chi connectivity index (χ1n) is 23.2. The Bertz CT molecular complexity index is 2670. The highest BCUT2D eigenvalue weighted by Crippen LogP contribution is 2.51. The van der Waals surface area contributed by atoms with Crippen LogP contribution in [0.15, 0.2) is 114 Å². The van der Waals surface area contributed by atoms with Gasteiger partial charge in [0.05, 0.1) is 46.3 Å². The number of benzene rings is 4. The van der Waals surface area contributed by atoms with Crippen LogP contribution in [0.5, 0.6) is 17.2 Å². The minimum atomic E-state index is -1.84. The van der Waals surface area contributed by atoms with E-state index in [2.05, 4.69) is 72.6 Å². The normalized spacial score (nSPS) is 17.6. The van der Waals surface area contributed by atoms with E-state index < -0.39 is 50.1 Å². The van der Waals surface area contributed by atoms with E-state index in [-0.39, 0.29) is 55.4 Å². The first-order chi connectivity index (χ1) is 33.8. The Kier molecular flexibility index (Phi) is 17.4. The molecule has 0 spiro atoms. The number of nitrogens with one attached hydrogen (secondary N) is 2. The predicted molar refractivity (Wildman–Crippen MR) is 266 cm³/mol. The molecule has 6 aromatic rings. The molecule has 370 valence electrons. The summed E-state index contributed by atoms with van der Waals surface area (Å²) in [6, 6.07) is 35.0. The van der Waals surface area contributed by atoms with Gasteiger partial charge in [0.2, 0.25) is 5.95 Å². The van der Waals surface area contributed by atoms with Gasteiger partial charge in [-0.25, -0.2) is 9.65 Å². The molecule has 2 N–H and O–H groups in total. The molecular formula is C52H62N7O10P. The van der Waals surface area contributed by atoms with E-state index in [0.717, 1.165) is 22.3 Å². The van der Waals surface area contributed by atoms with Crippen LogP contribution in [-0.2, 0) is 33.7 Å². The lowest BCUT2D eigenvalue weighted by molar-refractivity contribution is -0.118. The number of hydrogen-bond acceptors (Lipinski definition) is 14. The second-order valence-electron chi connectivity index (χ2n) is 17.5. The summed E-state index contributed by atoms with van der Waals surface area (Å²) < 4.78 is 54.9. The molecule has 18 heteroatoms. The van der Waals surface area contributed by atoms with Crippen LogP contribution in [0.1, 0.15) is 82.4 Å². The van der Waals surface area contributed by atoms with Gasteiger partial charge in [-0.1, -0.05) is 80.6 Å². The molecule has 1 aliphatic rings. The maximum absolute atomic E-state index is 13.6. The lowest BCUT2D eigenvalue weighted by Gasteiger charge is -2.39. The third kappa shape index (κ3) is 11.5. The number of fused-ring (bicyclic) bond motifs is 1. The summed E-state index contributed by atoms with van der Waals surface area (Å²) >= 11 is 0. The lowest BCUT2D eigenvalue weighted by Crippen LogP contribution is -2.42. The summed E-state index contributed by atoms with van der Waals surface area (Å²) in [4.78, 5) is 38.5. The van der Waals surface area contributed by atoms with Gasteiger partial charge >= 0.3 is 0 Å². The fourth-order valence-corrected chi connectivity index (χ4v) is 10.3. The average molecular weight is 976 g/mol. The number of aromatic amines is 1. The van der Waals surface area contributed by atoms with E-state index in [1.165, 1.54) is 6.33 Å². The van der Waals surface area contributed by atoms with E-state index in [1.807, 2.05) is 91.0 Å². The SMILES string of the molecule is COc1ccc(C(OC[C@H]2O[C@@H](n3cnc4c(=O)[nH]c(NC(=O)COc5ccc(C(C)C)cc5)nc43)C(OC)[C@H]2OP(OCCC#N)N(C(C)C)C(C)C)(c2ccccc2)c2ccc(OC)cc2)cc1. The molecule has 1 fully saturated rings. The summed E-state index contributed by atoms with van der Waals surface area (Å²) in [5.74, 6) is 1.55. The number of methoxy groups -OCH3 is 3. The van der Waals surface area contributed by atoms with Crippen molar-refractivity contribution in [1.82, 2.24) is 24.2 Å². The summed E-state index contributed by atoms with van der Waals surface area (Å²) in [6.45, 7) is 12.1. The molecule has 4 aromatic carbocycles. The number of anilines is 1. The topological polar surface area (TPSA) is 194 Å². The van der Waals surface area contributed by atoms with Crippen molar-refractivity contribution in [3.8, 4) is 23.3 Å². The highest BCUT2D eigenvalue weighted by atomic mass is 31.2. The molecule has 1 amide bonds. The van der Waals surface area contributed by atoms with E-state index in [9.17, 15) is 14.9 Å². The Morgan fingerprint density at radius 2 is 1.46 bits per heavy atom. The summed E-state index contributed by atoms with van der Waals surface area (Å²) in [7, 11) is 2.95. The first-order valence-corrected chi connectivity index (χ1v) is 24.4. The van der Waals surface area contributed by atoms with E-state index in [1.54, 1.807) is 38.0 Å². The molecule has 2 unspecified atom stereocenters. The van der Waals surface area contributed by atoms with Crippen molar-refractivity contribution in [3.63, 3.8) is 0 Å². The number of nitriles is 1. The fourth-order valence-electron chi connectivity index (χ4n) is 8.56. The number of hydrogen-bond donors (Lipinski definition) is 2. The van der Waals surface area contributed by atoms with Crippen molar-refractivity contribution in [2.45, 2.75) is 96.1 Å². The quantitative estimate of drug-likeness (QED) is 0.0351. The largest absolute Gasteiger partial charge is 0.497 e. The molecule has 2 aromatic heterocycles. The summed E-state index contributed by atoms with van der Waals surface area (Å²) in [5, 5.41) is 12.2. The van der Waals surface area contributed by atoms with Crippen LogP contribution in [0.4, 0.5) is 5.95 Å². The molecule has 5 atom stereocenters. The third-order valence-corrected chi connectivity index (χ3v) is 14.1. The number of amides is 1. The van der Waals surface area contributed by atoms with Crippen LogP contribution in [0.2, 0.25) is 0 Å². The monoisotopic (exact) mass is 975 g/mol. The number of ether oxygens (including phenoxy) is 6. The molecule has 3 heterocycles. The maximum atomic E-state index is 13.6. The number of aromatic nitrogens is 4. The Morgan fingerprint density at radius 1 is 0.857 bits per heavy atom. The molecule has 0 bridgehead atoms. The molecule has 1 saturated heterocycles. The minimum Gasteiger partial charge on any atom is -0.497 e. The molecule has 0 radical (unpaired) electrons. The van der Waals surface area contributed by atoms with Gasteiger partial charge in [0.25, 0.3) is 20.0 Å². The maximum Gasteiger partial charge on any atom is 0.280 e. The number of nitrogens with zero attached hydrogens (tertiary/aromatic N) is 5. The van der Waals surface area contributed by atoms with Crippen molar-refractivity contribution in [2.75, 3.05) is 46.5 Å². The number of carbonyl (C=O) groups excluding carboxylic acids is 1. The van der Waals surface area contributed by atoms with Crippen molar-refractivity contribution in [2.24, 2.45) is 0 Å². The number of imidazole rings is 1. The van der Waals surface area contributed by atoms with Gasteiger partial charge in [-0.3, -0.25) is 24.5 Å². The highest BCUT2D eigenvalue weighted by molar-refractivity contribution is 7.44. The van der Waals surface area contributed by atoms with Crippen LogP contribution in [0.3, 0.4) is 0 Å². The van der Waals surface area contributed by atoms with Crippen molar-refractivity contribution < 1.29 is 42.3 Å². The van der Waals surface area contributed by atoms with Crippen molar-refractivity contribution >= 4 is 31.5 Å². The van der Waals surface area contributed by atoms with E-state index in [4.69, 9.17) is 37.5 Å². The molecule has 0 aliphatic carbocycles. The second-order valence-corrected chi connectivity index (χ2v) is 18.9. The van der Waals surface area contributed by atoms with Gasteiger partial charge in [0.1, 0.15) is 41.2 Å². The van der Waals surface area contributed by atoms with Gasteiger partial charge in [-0.2, -0.15) is 10.2 Å². The number of H-pyrrole nitrogens is 1. The zero-order valence-corrected chi connectivity index (χ0v) is 41.9. The minimum absolute atomic E-state index is 0.00472. The zero-order valence-electron chi connectivity index (χ0n) is 41.0. The number of carbonyl (C=O) groups is 1. The Labute approximate surface area is 409 Å². The second kappa shape index (κ2) is 23.6. The van der Waals surface area contributed by atoms with Gasteiger partial charge in [-0.05, 0) is 92.3 Å². The van der Waals surface area contributed by atoms with Gasteiger partial charge in [0, 0.05) is 19.2 Å². The van der Waals surface area contributed by atoms with E-state index in [0.29, 0.717) is 23.2 Å². The van der Waals surface area contributed by atoms with Crippen LogP contribution in [-0.4, -0.2) is 102 Å². The molecule has 1 aliphatic heterocycles. The van der Waals surface area contributed by atoms with E-state index >= 15 is 0 Å². The van der Waals surface area contributed by atoms with Crippen LogP contribution >= 0.6 is 8.53 Å². The summed E-state index contributed by atoms with van der Waals surface area (Å²) in [5.41, 5.74) is 1.89. The fraction of sp³-hybridized carbons (Fsp3) is 0.404. The smallest absolute Gasteiger partial charge is 0.280 e. The molecule has 0 saturated carbocycles.